The molecule has 180 valence electrons. The van der Waals surface area contributed by atoms with Gasteiger partial charge in [-0.25, -0.2) is 4.79 Å². The summed E-state index contributed by atoms with van der Waals surface area (Å²) < 4.78 is 11.0. The van der Waals surface area contributed by atoms with Crippen LogP contribution in [0.3, 0.4) is 0 Å². The van der Waals surface area contributed by atoms with Crippen molar-refractivity contribution in [3.63, 3.8) is 0 Å². The highest BCUT2D eigenvalue weighted by Gasteiger charge is 2.37. The minimum Gasteiger partial charge on any atom is -0.508 e. The third-order valence-electron chi connectivity index (χ3n) is 6.88. The number of rotatable bonds is 2. The van der Waals surface area contributed by atoms with Gasteiger partial charge in [-0.1, -0.05) is 48.0 Å². The van der Waals surface area contributed by atoms with E-state index in [9.17, 15) is 14.7 Å². The Bertz CT molecular complexity index is 1830. The van der Waals surface area contributed by atoms with Crippen LogP contribution in [-0.4, -0.2) is 18.8 Å². The van der Waals surface area contributed by atoms with E-state index in [0.29, 0.717) is 38.6 Å². The molecule has 1 aliphatic rings. The van der Waals surface area contributed by atoms with Crippen molar-refractivity contribution in [1.82, 2.24) is 13.7 Å². The number of hydrogen-bond donors (Lipinski definition) is 1. The summed E-state index contributed by atoms with van der Waals surface area (Å²) in [5, 5.41) is 11.7. The van der Waals surface area contributed by atoms with Gasteiger partial charge in [0.2, 0.25) is 0 Å². The van der Waals surface area contributed by atoms with Crippen molar-refractivity contribution in [2.45, 2.75) is 13.0 Å². The predicted molar refractivity (Wildman–Crippen MR) is 140 cm³/mol. The van der Waals surface area contributed by atoms with Crippen molar-refractivity contribution in [2.75, 3.05) is 0 Å². The Hall–Kier alpha value is -4.23. The fourth-order valence-electron chi connectivity index (χ4n) is 5.15. The van der Waals surface area contributed by atoms with Crippen LogP contribution in [0.4, 0.5) is 0 Å². The lowest BCUT2D eigenvalue weighted by Crippen LogP contribution is -2.37. The van der Waals surface area contributed by atoms with E-state index in [1.165, 1.54) is 17.7 Å². The number of aryl methyl sites for hydroxylation is 2. The summed E-state index contributed by atoms with van der Waals surface area (Å²) in [7, 11) is 3.12. The number of para-hydroxylation sites is 2. The maximum absolute atomic E-state index is 13.7. The Labute approximate surface area is 211 Å². The van der Waals surface area contributed by atoms with E-state index in [1.807, 2.05) is 60.0 Å². The van der Waals surface area contributed by atoms with Crippen LogP contribution < -0.4 is 16.0 Å². The average Bonchev–Trinajstić information content (AvgIpc) is 3.24. The van der Waals surface area contributed by atoms with Gasteiger partial charge in [0, 0.05) is 30.2 Å². The average molecular weight is 500 g/mol. The van der Waals surface area contributed by atoms with Crippen LogP contribution in [0.25, 0.3) is 27.8 Å². The van der Waals surface area contributed by atoms with Crippen LogP contribution in [0.1, 0.15) is 22.9 Å². The number of aromatic hydroxyl groups is 1. The lowest BCUT2D eigenvalue weighted by Gasteiger charge is -2.30. The van der Waals surface area contributed by atoms with Crippen molar-refractivity contribution in [1.29, 1.82) is 0 Å². The molecule has 7 nitrogen and oxygen atoms in total. The second-order valence-electron chi connectivity index (χ2n) is 8.98. The first-order valence-electron chi connectivity index (χ1n) is 11.4. The van der Waals surface area contributed by atoms with Gasteiger partial charge in [-0.3, -0.25) is 13.9 Å². The first kappa shape index (κ1) is 22.2. The highest BCUT2D eigenvalue weighted by molar-refractivity contribution is 6.30. The fourth-order valence-corrected chi connectivity index (χ4v) is 5.33. The zero-order valence-corrected chi connectivity index (χ0v) is 20.6. The van der Waals surface area contributed by atoms with Crippen LogP contribution in [0.2, 0.25) is 5.02 Å². The number of phenols is 1. The molecule has 2 aromatic heterocycles. The van der Waals surface area contributed by atoms with Gasteiger partial charge in [0.1, 0.15) is 11.5 Å². The molecular weight excluding hydrogens is 478 g/mol. The normalized spacial score (nSPS) is 14.4. The number of ether oxygens (including phenoxy) is 1. The van der Waals surface area contributed by atoms with E-state index in [2.05, 4.69) is 0 Å². The molecular formula is C28H22ClN3O4. The molecule has 1 unspecified atom stereocenters. The van der Waals surface area contributed by atoms with Gasteiger partial charge < -0.3 is 14.4 Å². The molecule has 0 amide bonds. The van der Waals surface area contributed by atoms with Gasteiger partial charge in [-0.15, -0.1) is 0 Å². The molecule has 6 rings (SSSR count). The molecule has 3 aromatic carbocycles. The largest absolute Gasteiger partial charge is 0.508 e. The second-order valence-corrected chi connectivity index (χ2v) is 9.42. The standard InChI is InChI=1S/C28H22ClN3O4/c1-15-8-4-5-9-17(15)23-22-24(30(2)28(35)31(3)27(22)34)25-26(18-14-16(29)12-13-20(18)33)36-21-11-7-6-10-19(21)32(23)25/h4-14,26,33H,1-3H3. The predicted octanol–water partition coefficient (Wildman–Crippen LogP) is 4.84. The third kappa shape index (κ3) is 2.99. The molecule has 1 aliphatic heterocycles. The number of benzene rings is 3. The van der Waals surface area contributed by atoms with Crippen molar-refractivity contribution in [3.8, 4) is 28.4 Å². The Morgan fingerprint density at radius 2 is 1.67 bits per heavy atom. The van der Waals surface area contributed by atoms with Gasteiger partial charge in [-0.2, -0.15) is 0 Å². The lowest BCUT2D eigenvalue weighted by atomic mass is 10.0. The Kier molecular flexibility index (Phi) is 4.88. The maximum atomic E-state index is 13.7. The molecule has 3 heterocycles. The van der Waals surface area contributed by atoms with Gasteiger partial charge in [0.15, 0.2) is 6.10 Å². The third-order valence-corrected chi connectivity index (χ3v) is 7.12. The van der Waals surface area contributed by atoms with Crippen LogP contribution in [0.15, 0.2) is 76.3 Å². The van der Waals surface area contributed by atoms with E-state index >= 15 is 0 Å². The van der Waals surface area contributed by atoms with Gasteiger partial charge in [0.25, 0.3) is 5.56 Å². The highest BCUT2D eigenvalue weighted by Crippen LogP contribution is 2.48. The van der Waals surface area contributed by atoms with Crippen LogP contribution >= 0.6 is 11.6 Å². The molecule has 0 aliphatic carbocycles. The molecule has 36 heavy (non-hydrogen) atoms. The number of nitrogens with zero attached hydrogens (tertiary/aromatic N) is 3. The zero-order valence-electron chi connectivity index (χ0n) is 19.8. The summed E-state index contributed by atoms with van der Waals surface area (Å²) in [6.45, 7) is 1.99. The van der Waals surface area contributed by atoms with Crippen LogP contribution in [-0.2, 0) is 14.1 Å². The Balaban J connectivity index is 1.90. The van der Waals surface area contributed by atoms with E-state index < -0.39 is 17.4 Å². The SMILES string of the molecule is Cc1ccccc1-c1c2c(=O)n(C)c(=O)n(C)c2c2n1-c1ccccc1OC2c1cc(Cl)ccc1O. The number of hydrogen-bond acceptors (Lipinski definition) is 4. The molecule has 0 saturated carbocycles. The number of fused-ring (bicyclic) bond motifs is 5. The second kappa shape index (κ2) is 7.90. The summed E-state index contributed by atoms with van der Waals surface area (Å²) in [5.74, 6) is 0.572. The molecule has 0 fully saturated rings. The molecule has 0 radical (unpaired) electrons. The summed E-state index contributed by atoms with van der Waals surface area (Å²) in [4.78, 5) is 26.8. The molecule has 0 spiro atoms. The zero-order chi connectivity index (χ0) is 25.3. The molecule has 1 N–H and O–H groups in total. The highest BCUT2D eigenvalue weighted by atomic mass is 35.5. The quantitative estimate of drug-likeness (QED) is 0.377. The summed E-state index contributed by atoms with van der Waals surface area (Å²) in [6.07, 6.45) is -0.837. The first-order valence-corrected chi connectivity index (χ1v) is 11.8. The number of aromatic nitrogens is 3. The molecule has 0 saturated heterocycles. The number of halogens is 1. The monoisotopic (exact) mass is 499 g/mol. The van der Waals surface area contributed by atoms with Crippen molar-refractivity contribution in [2.24, 2.45) is 14.1 Å². The minimum absolute atomic E-state index is 0.00374. The van der Waals surface area contributed by atoms with E-state index in [-0.39, 0.29) is 5.75 Å². The number of phenolic OH excluding ortho intramolecular Hbond substituents is 1. The van der Waals surface area contributed by atoms with Gasteiger partial charge >= 0.3 is 5.69 Å². The van der Waals surface area contributed by atoms with Crippen LogP contribution in [0, 0.1) is 6.92 Å². The van der Waals surface area contributed by atoms with Crippen molar-refractivity contribution in [3.05, 3.63) is 109 Å². The van der Waals surface area contributed by atoms with Crippen molar-refractivity contribution >= 4 is 22.5 Å². The molecule has 5 aromatic rings. The van der Waals surface area contributed by atoms with E-state index in [1.54, 1.807) is 19.2 Å². The van der Waals surface area contributed by atoms with E-state index in [0.717, 1.165) is 21.4 Å². The fraction of sp³-hybridized carbons (Fsp3) is 0.143. The topological polar surface area (TPSA) is 78.4 Å². The first-order chi connectivity index (χ1) is 17.3. The maximum Gasteiger partial charge on any atom is 0.331 e. The summed E-state index contributed by atoms with van der Waals surface area (Å²) >= 11 is 6.32. The summed E-state index contributed by atoms with van der Waals surface area (Å²) in [5.41, 5.74) is 3.81. The van der Waals surface area contributed by atoms with E-state index in [4.69, 9.17) is 16.3 Å². The Morgan fingerprint density at radius 3 is 2.44 bits per heavy atom. The molecule has 0 bridgehead atoms. The molecule has 8 heteroatoms. The van der Waals surface area contributed by atoms with Crippen LogP contribution in [0.5, 0.6) is 11.5 Å². The van der Waals surface area contributed by atoms with Gasteiger partial charge in [-0.05, 0) is 42.8 Å². The van der Waals surface area contributed by atoms with Gasteiger partial charge in [0.05, 0.1) is 28.0 Å². The summed E-state index contributed by atoms with van der Waals surface area (Å²) in [6, 6.07) is 20.1. The molecule has 1 atom stereocenters. The minimum atomic E-state index is -0.837. The Morgan fingerprint density at radius 1 is 0.944 bits per heavy atom. The van der Waals surface area contributed by atoms with Crippen molar-refractivity contribution < 1.29 is 9.84 Å². The smallest absolute Gasteiger partial charge is 0.331 e. The lowest BCUT2D eigenvalue weighted by molar-refractivity contribution is 0.224.